The number of nitrogens with one attached hydrogen (secondary N) is 2. The number of hydrogen-bond acceptors (Lipinski definition) is 2. The minimum absolute atomic E-state index is 0.245. The van der Waals surface area contributed by atoms with Crippen LogP contribution in [0, 0.1) is 18.6 Å². The Morgan fingerprint density at radius 2 is 1.73 bits per heavy atom. The Kier molecular flexibility index (Phi) is 4.50. The summed E-state index contributed by atoms with van der Waals surface area (Å²) in [4.78, 5) is 23.1. The molecule has 0 saturated heterocycles. The van der Waals surface area contributed by atoms with E-state index in [1.807, 2.05) is 0 Å². The molecule has 4 nitrogen and oxygen atoms in total. The largest absolute Gasteiger partial charge is 0.326 e. The first kappa shape index (κ1) is 15.6. The van der Waals surface area contributed by atoms with Crippen LogP contribution in [-0.2, 0) is 4.79 Å². The van der Waals surface area contributed by atoms with Gasteiger partial charge in [-0.15, -0.1) is 0 Å². The van der Waals surface area contributed by atoms with E-state index < -0.39 is 17.5 Å². The Labute approximate surface area is 126 Å². The first-order valence-corrected chi connectivity index (χ1v) is 6.51. The topological polar surface area (TPSA) is 58.2 Å². The molecule has 0 heterocycles. The van der Waals surface area contributed by atoms with Crippen molar-refractivity contribution in [3.63, 3.8) is 0 Å². The highest BCUT2D eigenvalue weighted by molar-refractivity contribution is 6.05. The van der Waals surface area contributed by atoms with E-state index in [4.69, 9.17) is 0 Å². The smallest absolute Gasteiger partial charge is 0.258 e. The van der Waals surface area contributed by atoms with Crippen LogP contribution in [0.2, 0.25) is 0 Å². The standard InChI is InChI=1S/C16H14F2N2O2/c1-9-3-5-12(19-10(2)21)8-15(9)20-16(22)13-6-4-11(17)7-14(13)18/h3-8H,1-2H3,(H,19,21)(H,20,22). The second kappa shape index (κ2) is 6.34. The molecule has 6 heteroatoms. The summed E-state index contributed by atoms with van der Waals surface area (Å²) in [5, 5.41) is 5.14. The molecule has 0 aliphatic carbocycles. The SMILES string of the molecule is CC(=O)Nc1ccc(C)c(NC(=O)c2ccc(F)cc2F)c1. The fraction of sp³-hybridized carbons (Fsp3) is 0.125. The number of carbonyl (C=O) groups excluding carboxylic acids is 2. The first-order valence-electron chi connectivity index (χ1n) is 6.51. The third-order valence-corrected chi connectivity index (χ3v) is 2.98. The van der Waals surface area contributed by atoms with Gasteiger partial charge in [0.1, 0.15) is 11.6 Å². The highest BCUT2D eigenvalue weighted by Gasteiger charge is 2.14. The van der Waals surface area contributed by atoms with E-state index >= 15 is 0 Å². The number of anilines is 2. The Morgan fingerprint density at radius 1 is 1.00 bits per heavy atom. The Bertz CT molecular complexity index is 745. The van der Waals surface area contributed by atoms with Crippen LogP contribution < -0.4 is 10.6 Å². The van der Waals surface area contributed by atoms with Crippen molar-refractivity contribution >= 4 is 23.2 Å². The van der Waals surface area contributed by atoms with E-state index in [0.717, 1.165) is 17.7 Å². The number of carbonyl (C=O) groups is 2. The molecule has 2 rings (SSSR count). The molecule has 0 spiro atoms. The van der Waals surface area contributed by atoms with E-state index in [1.165, 1.54) is 6.92 Å². The molecule has 0 radical (unpaired) electrons. The molecule has 114 valence electrons. The lowest BCUT2D eigenvalue weighted by Crippen LogP contribution is -2.15. The van der Waals surface area contributed by atoms with Crippen molar-refractivity contribution in [2.24, 2.45) is 0 Å². The van der Waals surface area contributed by atoms with Crippen LogP contribution in [0.4, 0.5) is 20.2 Å². The number of halogens is 2. The highest BCUT2D eigenvalue weighted by Crippen LogP contribution is 2.21. The molecule has 0 saturated carbocycles. The van der Waals surface area contributed by atoms with E-state index in [0.29, 0.717) is 17.4 Å². The van der Waals surface area contributed by atoms with Gasteiger partial charge in [0.2, 0.25) is 5.91 Å². The van der Waals surface area contributed by atoms with Crippen molar-refractivity contribution in [3.05, 3.63) is 59.2 Å². The van der Waals surface area contributed by atoms with Gasteiger partial charge in [-0.1, -0.05) is 6.07 Å². The van der Waals surface area contributed by atoms with Gasteiger partial charge in [0.05, 0.1) is 5.56 Å². The fourth-order valence-corrected chi connectivity index (χ4v) is 1.90. The van der Waals surface area contributed by atoms with Crippen LogP contribution in [0.15, 0.2) is 36.4 Å². The summed E-state index contributed by atoms with van der Waals surface area (Å²) in [5.74, 6) is -2.63. The summed E-state index contributed by atoms with van der Waals surface area (Å²) in [6.07, 6.45) is 0. The molecule has 0 fully saturated rings. The van der Waals surface area contributed by atoms with Crippen LogP contribution in [-0.4, -0.2) is 11.8 Å². The number of amides is 2. The second-order valence-corrected chi connectivity index (χ2v) is 4.79. The van der Waals surface area contributed by atoms with Crippen LogP contribution >= 0.6 is 0 Å². The summed E-state index contributed by atoms with van der Waals surface area (Å²) in [7, 11) is 0. The zero-order chi connectivity index (χ0) is 16.3. The first-order chi connectivity index (χ1) is 10.4. The van der Waals surface area contributed by atoms with Crippen molar-refractivity contribution in [2.45, 2.75) is 13.8 Å². The monoisotopic (exact) mass is 304 g/mol. The molecule has 0 atom stereocenters. The maximum Gasteiger partial charge on any atom is 0.258 e. The summed E-state index contributed by atoms with van der Waals surface area (Å²) in [6.45, 7) is 3.13. The molecule has 0 aliphatic rings. The van der Waals surface area contributed by atoms with Crippen LogP contribution in [0.3, 0.4) is 0 Å². The molecule has 2 N–H and O–H groups in total. The lowest BCUT2D eigenvalue weighted by molar-refractivity contribution is -0.114. The third-order valence-electron chi connectivity index (χ3n) is 2.98. The zero-order valence-corrected chi connectivity index (χ0v) is 12.0. The molecule has 2 aromatic rings. The van der Waals surface area contributed by atoms with Crippen LogP contribution in [0.1, 0.15) is 22.8 Å². The molecule has 2 aromatic carbocycles. The van der Waals surface area contributed by atoms with Crippen molar-refractivity contribution in [2.75, 3.05) is 10.6 Å². The number of benzene rings is 2. The summed E-state index contributed by atoms with van der Waals surface area (Å²) in [5.41, 5.74) is 1.42. The van der Waals surface area contributed by atoms with Gasteiger partial charge in [-0.25, -0.2) is 8.78 Å². The summed E-state index contributed by atoms with van der Waals surface area (Å²) < 4.78 is 26.5. The minimum atomic E-state index is -0.937. The Morgan fingerprint density at radius 3 is 2.36 bits per heavy atom. The molecule has 0 unspecified atom stereocenters. The van der Waals surface area contributed by atoms with E-state index in [9.17, 15) is 18.4 Å². The van der Waals surface area contributed by atoms with Gasteiger partial charge in [-0.2, -0.15) is 0 Å². The summed E-state index contributed by atoms with van der Waals surface area (Å²) >= 11 is 0. The Hall–Kier alpha value is -2.76. The van der Waals surface area contributed by atoms with Gasteiger partial charge >= 0.3 is 0 Å². The van der Waals surface area contributed by atoms with Gasteiger partial charge in [-0.3, -0.25) is 9.59 Å². The molecule has 22 heavy (non-hydrogen) atoms. The number of hydrogen-bond donors (Lipinski definition) is 2. The number of aryl methyl sites for hydroxylation is 1. The maximum absolute atomic E-state index is 13.6. The van der Waals surface area contributed by atoms with Gasteiger partial charge in [0.25, 0.3) is 5.91 Å². The van der Waals surface area contributed by atoms with Gasteiger partial charge in [0, 0.05) is 24.4 Å². The molecule has 2 amide bonds. The normalized spacial score (nSPS) is 10.2. The Balaban J connectivity index is 2.25. The quantitative estimate of drug-likeness (QED) is 0.912. The van der Waals surface area contributed by atoms with Crippen molar-refractivity contribution in [3.8, 4) is 0 Å². The summed E-state index contributed by atoms with van der Waals surface area (Å²) in [6, 6.07) is 7.70. The number of rotatable bonds is 3. The second-order valence-electron chi connectivity index (χ2n) is 4.79. The van der Waals surface area contributed by atoms with E-state index in [2.05, 4.69) is 10.6 Å². The highest BCUT2D eigenvalue weighted by atomic mass is 19.1. The predicted octanol–water partition coefficient (Wildman–Crippen LogP) is 3.48. The molecule has 0 bridgehead atoms. The zero-order valence-electron chi connectivity index (χ0n) is 12.0. The molecule has 0 aliphatic heterocycles. The van der Waals surface area contributed by atoms with Crippen molar-refractivity contribution in [1.82, 2.24) is 0 Å². The minimum Gasteiger partial charge on any atom is -0.326 e. The molecular weight excluding hydrogens is 290 g/mol. The predicted molar refractivity (Wildman–Crippen MR) is 79.8 cm³/mol. The van der Waals surface area contributed by atoms with Crippen molar-refractivity contribution < 1.29 is 18.4 Å². The lowest BCUT2D eigenvalue weighted by atomic mass is 10.1. The van der Waals surface area contributed by atoms with E-state index in [1.54, 1.807) is 25.1 Å². The third kappa shape index (κ3) is 3.66. The van der Waals surface area contributed by atoms with Gasteiger partial charge in [0.15, 0.2) is 0 Å². The fourth-order valence-electron chi connectivity index (χ4n) is 1.90. The van der Waals surface area contributed by atoms with Gasteiger partial charge < -0.3 is 10.6 Å². The lowest BCUT2D eigenvalue weighted by Gasteiger charge is -2.11. The van der Waals surface area contributed by atoms with Crippen LogP contribution in [0.25, 0.3) is 0 Å². The van der Waals surface area contributed by atoms with Gasteiger partial charge in [-0.05, 0) is 36.8 Å². The molecular formula is C16H14F2N2O2. The average molecular weight is 304 g/mol. The average Bonchev–Trinajstić information content (AvgIpc) is 2.41. The molecule has 0 aromatic heterocycles. The van der Waals surface area contributed by atoms with E-state index in [-0.39, 0.29) is 11.5 Å². The van der Waals surface area contributed by atoms with Crippen molar-refractivity contribution in [1.29, 1.82) is 0 Å². The maximum atomic E-state index is 13.6. The van der Waals surface area contributed by atoms with Crippen LogP contribution in [0.5, 0.6) is 0 Å².